The topological polar surface area (TPSA) is 37.4 Å². The van der Waals surface area contributed by atoms with Gasteiger partial charge in [0, 0.05) is 23.6 Å². The second-order valence-corrected chi connectivity index (χ2v) is 6.48. The molecule has 2 atom stereocenters. The maximum Gasteiger partial charge on any atom is 0.211 e. The lowest BCUT2D eigenvalue weighted by molar-refractivity contribution is 0.351. The third-order valence-electron chi connectivity index (χ3n) is 2.56. The summed E-state index contributed by atoms with van der Waals surface area (Å²) < 4.78 is 24.5. The van der Waals surface area contributed by atoms with Gasteiger partial charge in [-0.2, -0.15) is 16.1 Å². The highest BCUT2D eigenvalue weighted by atomic mass is 32.2. The predicted molar refractivity (Wildman–Crippen MR) is 50.8 cm³/mol. The van der Waals surface area contributed by atoms with Crippen molar-refractivity contribution in [3.05, 3.63) is 0 Å². The lowest BCUT2D eigenvalue weighted by Crippen LogP contribution is -2.45. The fraction of sp³-hybridized carbons (Fsp3) is 1.00. The molecule has 12 heavy (non-hydrogen) atoms. The van der Waals surface area contributed by atoms with E-state index < -0.39 is 10.0 Å². The van der Waals surface area contributed by atoms with Gasteiger partial charge in [-0.05, 0) is 12.8 Å². The van der Waals surface area contributed by atoms with Crippen molar-refractivity contribution in [2.75, 3.05) is 17.8 Å². The zero-order chi connectivity index (χ0) is 8.77. The molecule has 0 spiro atoms. The number of rotatable bonds is 1. The molecule has 70 valence electrons. The molecular formula is C7H13NO2S2. The van der Waals surface area contributed by atoms with Gasteiger partial charge in [0.25, 0.3) is 0 Å². The van der Waals surface area contributed by atoms with Gasteiger partial charge in [0.15, 0.2) is 0 Å². The molecule has 0 aromatic heterocycles. The summed E-state index contributed by atoms with van der Waals surface area (Å²) in [6, 6.07) is 0.590. The lowest BCUT2D eigenvalue weighted by Gasteiger charge is -2.31. The normalized spacial score (nSPS) is 37.1. The minimum Gasteiger partial charge on any atom is -0.212 e. The van der Waals surface area contributed by atoms with Gasteiger partial charge in [-0.1, -0.05) is 0 Å². The third-order valence-corrected chi connectivity index (χ3v) is 5.16. The van der Waals surface area contributed by atoms with Crippen LogP contribution in [0.5, 0.6) is 0 Å². The van der Waals surface area contributed by atoms with Crippen LogP contribution < -0.4 is 0 Å². The molecule has 0 aliphatic carbocycles. The number of fused-ring (bicyclic) bond motifs is 2. The summed E-state index contributed by atoms with van der Waals surface area (Å²) in [5, 5.41) is 0. The predicted octanol–water partition coefficient (Wildman–Crippen LogP) is 0.526. The highest BCUT2D eigenvalue weighted by Crippen LogP contribution is 2.35. The Morgan fingerprint density at radius 1 is 1.25 bits per heavy atom. The molecule has 0 aromatic rings. The van der Waals surface area contributed by atoms with Crippen LogP contribution in [0.2, 0.25) is 0 Å². The Morgan fingerprint density at radius 2 is 1.75 bits per heavy atom. The Bertz CT molecular complexity index is 259. The van der Waals surface area contributed by atoms with Crippen LogP contribution in [0.15, 0.2) is 0 Å². The number of hydrogen-bond acceptors (Lipinski definition) is 3. The van der Waals surface area contributed by atoms with Gasteiger partial charge in [0.05, 0.1) is 6.26 Å². The van der Waals surface area contributed by atoms with E-state index >= 15 is 0 Å². The first kappa shape index (κ1) is 8.84. The number of thioether (sulfide) groups is 1. The second-order valence-electron chi connectivity index (χ2n) is 3.52. The monoisotopic (exact) mass is 207 g/mol. The molecule has 0 radical (unpaired) electrons. The van der Waals surface area contributed by atoms with Gasteiger partial charge in [0.2, 0.25) is 10.0 Å². The molecule has 0 saturated carbocycles. The first-order valence-corrected chi connectivity index (χ1v) is 7.15. The molecule has 2 fully saturated rings. The average molecular weight is 207 g/mol. The minimum atomic E-state index is -2.94. The van der Waals surface area contributed by atoms with E-state index in [1.165, 1.54) is 6.26 Å². The van der Waals surface area contributed by atoms with Crippen molar-refractivity contribution >= 4 is 21.8 Å². The Kier molecular flexibility index (Phi) is 2.13. The van der Waals surface area contributed by atoms with E-state index in [9.17, 15) is 8.42 Å². The Hall–Kier alpha value is 0.260. The molecule has 5 heteroatoms. The van der Waals surface area contributed by atoms with Crippen molar-refractivity contribution < 1.29 is 8.42 Å². The molecule has 2 aliphatic rings. The van der Waals surface area contributed by atoms with Crippen LogP contribution in [0.3, 0.4) is 0 Å². The standard InChI is InChI=1S/C7H13NO2S2/c1-12(9,10)8-6-2-3-7(8)5-11-4-6/h6-7H,2-5H2,1H3. The Balaban J connectivity index is 2.27. The molecule has 3 nitrogen and oxygen atoms in total. The quantitative estimate of drug-likeness (QED) is 0.629. The smallest absolute Gasteiger partial charge is 0.211 e. The van der Waals surface area contributed by atoms with Crippen LogP contribution in [0.25, 0.3) is 0 Å². The van der Waals surface area contributed by atoms with Crippen molar-refractivity contribution in [1.82, 2.24) is 4.31 Å². The average Bonchev–Trinajstić information content (AvgIpc) is 2.23. The summed E-state index contributed by atoms with van der Waals surface area (Å²) in [6.07, 6.45) is 3.45. The molecule has 2 heterocycles. The van der Waals surface area contributed by atoms with Gasteiger partial charge in [0.1, 0.15) is 0 Å². The van der Waals surface area contributed by atoms with E-state index in [0.29, 0.717) is 12.1 Å². The van der Waals surface area contributed by atoms with Gasteiger partial charge in [-0.15, -0.1) is 0 Å². The van der Waals surface area contributed by atoms with Crippen molar-refractivity contribution in [1.29, 1.82) is 0 Å². The first-order valence-electron chi connectivity index (χ1n) is 4.15. The summed E-state index contributed by atoms with van der Waals surface area (Å²) in [4.78, 5) is 0. The summed E-state index contributed by atoms with van der Waals surface area (Å²) in [7, 11) is -2.94. The fourth-order valence-corrected chi connectivity index (χ4v) is 5.10. The highest BCUT2D eigenvalue weighted by Gasteiger charge is 2.41. The van der Waals surface area contributed by atoms with Crippen molar-refractivity contribution in [3.63, 3.8) is 0 Å². The van der Waals surface area contributed by atoms with Crippen LogP contribution in [0, 0.1) is 0 Å². The first-order chi connectivity index (χ1) is 5.59. The largest absolute Gasteiger partial charge is 0.212 e. The summed E-state index contributed by atoms with van der Waals surface area (Å²) in [6.45, 7) is 0. The van der Waals surface area contributed by atoms with Gasteiger partial charge in [-0.3, -0.25) is 0 Å². The minimum absolute atomic E-state index is 0.295. The zero-order valence-corrected chi connectivity index (χ0v) is 8.70. The molecule has 2 aliphatic heterocycles. The number of hydrogen-bond donors (Lipinski definition) is 0. The van der Waals surface area contributed by atoms with E-state index in [1.54, 1.807) is 4.31 Å². The molecule has 2 bridgehead atoms. The molecular weight excluding hydrogens is 194 g/mol. The van der Waals surface area contributed by atoms with Crippen LogP contribution >= 0.6 is 11.8 Å². The number of nitrogens with zero attached hydrogens (tertiary/aromatic N) is 1. The summed E-state index contributed by atoms with van der Waals surface area (Å²) >= 11 is 1.89. The Morgan fingerprint density at radius 3 is 2.08 bits per heavy atom. The molecule has 0 N–H and O–H groups in total. The van der Waals surface area contributed by atoms with Crippen LogP contribution in [-0.2, 0) is 10.0 Å². The van der Waals surface area contributed by atoms with E-state index in [0.717, 1.165) is 24.3 Å². The van der Waals surface area contributed by atoms with Crippen LogP contribution in [0.4, 0.5) is 0 Å². The maximum atomic E-state index is 11.4. The highest BCUT2D eigenvalue weighted by molar-refractivity contribution is 7.99. The van der Waals surface area contributed by atoms with Gasteiger partial charge in [-0.25, -0.2) is 8.42 Å². The number of sulfonamides is 1. The molecule has 2 rings (SSSR count). The second kappa shape index (κ2) is 2.89. The molecule has 2 unspecified atom stereocenters. The van der Waals surface area contributed by atoms with Crippen LogP contribution in [0.1, 0.15) is 12.8 Å². The van der Waals surface area contributed by atoms with Gasteiger partial charge < -0.3 is 0 Å². The Labute approximate surface area is 77.6 Å². The van der Waals surface area contributed by atoms with Gasteiger partial charge >= 0.3 is 0 Å². The van der Waals surface area contributed by atoms with E-state index in [1.807, 2.05) is 11.8 Å². The zero-order valence-electron chi connectivity index (χ0n) is 7.06. The fourth-order valence-electron chi connectivity index (χ4n) is 2.13. The third kappa shape index (κ3) is 1.38. The van der Waals surface area contributed by atoms with E-state index in [4.69, 9.17) is 0 Å². The summed E-state index contributed by atoms with van der Waals surface area (Å²) in [5.74, 6) is 1.98. The van der Waals surface area contributed by atoms with Crippen molar-refractivity contribution in [2.24, 2.45) is 0 Å². The van der Waals surface area contributed by atoms with Crippen molar-refractivity contribution in [2.45, 2.75) is 24.9 Å². The molecule has 0 amide bonds. The maximum absolute atomic E-state index is 11.4. The van der Waals surface area contributed by atoms with Crippen LogP contribution in [-0.4, -0.2) is 42.6 Å². The molecule has 2 saturated heterocycles. The van der Waals surface area contributed by atoms with E-state index in [-0.39, 0.29) is 0 Å². The lowest BCUT2D eigenvalue weighted by atomic mass is 10.2. The van der Waals surface area contributed by atoms with E-state index in [2.05, 4.69) is 0 Å². The summed E-state index contributed by atoms with van der Waals surface area (Å²) in [5.41, 5.74) is 0. The SMILES string of the molecule is CS(=O)(=O)N1C2CCC1CSC2. The molecule has 0 aromatic carbocycles. The van der Waals surface area contributed by atoms with Crippen molar-refractivity contribution in [3.8, 4) is 0 Å².